The number of hydrogen-bond donors (Lipinski definition) is 1. The van der Waals surface area contributed by atoms with Crippen molar-refractivity contribution in [3.05, 3.63) is 33.8 Å². The summed E-state index contributed by atoms with van der Waals surface area (Å²) in [5.74, 6) is -3.65. The molecule has 4 fully saturated rings. The van der Waals surface area contributed by atoms with Crippen LogP contribution in [-0.4, -0.2) is 145 Å². The maximum Gasteiger partial charge on any atom is 0.410 e. The van der Waals surface area contributed by atoms with Crippen LogP contribution >= 0.6 is 23.2 Å². The Morgan fingerprint density at radius 3 is 2.13 bits per heavy atom. The van der Waals surface area contributed by atoms with E-state index >= 15 is 4.79 Å². The molecule has 4 heterocycles. The van der Waals surface area contributed by atoms with Crippen LogP contribution in [0.5, 0.6) is 0 Å². The predicted octanol–water partition coefficient (Wildman–Crippen LogP) is 8.90. The Labute approximate surface area is 410 Å². The van der Waals surface area contributed by atoms with Crippen LogP contribution in [0.15, 0.2) is 18.2 Å². The van der Waals surface area contributed by atoms with Crippen molar-refractivity contribution in [3.63, 3.8) is 0 Å². The van der Waals surface area contributed by atoms with Gasteiger partial charge in [0.1, 0.15) is 18.0 Å². The second kappa shape index (κ2) is 22.1. The molecule has 4 aliphatic heterocycles. The molecule has 16 heteroatoms. The Kier molecular flexibility index (Phi) is 18.4. The zero-order valence-electron chi connectivity index (χ0n) is 43.1. The van der Waals surface area contributed by atoms with E-state index in [-0.39, 0.29) is 49.2 Å². The first-order chi connectivity index (χ1) is 31.1. The summed E-state index contributed by atoms with van der Waals surface area (Å²) in [7, 11) is 5.29. The fourth-order valence-corrected chi connectivity index (χ4v) is 11.9. The molecular weight excluding hydrogens is 903 g/mol. The molecule has 0 saturated carbocycles. The molecule has 17 atom stereocenters. The number of methoxy groups -OCH3 is 2. The highest BCUT2D eigenvalue weighted by molar-refractivity contribution is 6.42. The number of amides is 1. The van der Waals surface area contributed by atoms with Crippen LogP contribution in [0, 0.1) is 29.1 Å². The molecule has 382 valence electrons. The number of ether oxygens (including phenoxy) is 8. The maximum atomic E-state index is 15.1. The number of aliphatic hydroxyl groups excluding tert-OH is 1. The highest BCUT2D eigenvalue weighted by atomic mass is 35.5. The quantitative estimate of drug-likeness (QED) is 0.199. The molecule has 0 bridgehead atoms. The van der Waals surface area contributed by atoms with E-state index in [1.165, 1.54) is 0 Å². The standard InChI is InChI=1S/C51H82Cl2N2O12/c1-17-38-51(13)43(55(47(59)67-51)21-20-34-18-19-36(52)37(53)23-34)30(4)41(56)28(2)25-50(12,61-16)45(66-39-24-35(22-29(3)62-39)54(14)27-48(8,9)10)31(5)42(32(6)46(58)64-38)65-40-26-49(11,60-15)44(57)33(7)63-40/h18-19,23,28-33,35,38-40,42-45,57H,17,20-22,24-27H2,1-16H3/t28-,29-,30+,31+,32-,33+,35+,38-,39+,40+,42+,43-,44+,45-,49-,50+,51-/m1/s1. The zero-order chi connectivity index (χ0) is 50.1. The molecule has 1 amide bonds. The Morgan fingerprint density at radius 1 is 0.881 bits per heavy atom. The minimum absolute atomic E-state index is 0.0673. The third kappa shape index (κ3) is 12.5. The van der Waals surface area contributed by atoms with E-state index in [2.05, 4.69) is 39.6 Å². The van der Waals surface area contributed by atoms with Crippen molar-refractivity contribution in [2.45, 2.75) is 207 Å². The predicted molar refractivity (Wildman–Crippen MR) is 257 cm³/mol. The van der Waals surface area contributed by atoms with Crippen LogP contribution in [0.1, 0.15) is 128 Å². The summed E-state index contributed by atoms with van der Waals surface area (Å²) in [4.78, 5) is 48.2. The van der Waals surface area contributed by atoms with E-state index in [4.69, 9.17) is 61.1 Å². The fourth-order valence-electron chi connectivity index (χ4n) is 11.6. The van der Waals surface area contributed by atoms with Crippen LogP contribution in [0.2, 0.25) is 10.0 Å². The number of aliphatic hydroxyl groups is 1. The van der Waals surface area contributed by atoms with E-state index in [0.717, 1.165) is 18.5 Å². The second-order valence-electron chi connectivity index (χ2n) is 22.1. The smallest absolute Gasteiger partial charge is 0.410 e. The third-order valence-electron chi connectivity index (χ3n) is 15.3. The van der Waals surface area contributed by atoms with Crippen LogP contribution in [0.4, 0.5) is 4.79 Å². The van der Waals surface area contributed by atoms with E-state index < -0.39 is 102 Å². The lowest BCUT2D eigenvalue weighted by atomic mass is 9.73. The lowest BCUT2D eigenvalue weighted by Gasteiger charge is -2.49. The van der Waals surface area contributed by atoms with Crippen molar-refractivity contribution >= 4 is 41.0 Å². The van der Waals surface area contributed by atoms with E-state index in [9.17, 15) is 14.7 Å². The summed E-state index contributed by atoms with van der Waals surface area (Å²) in [5.41, 5.74) is -2.70. The van der Waals surface area contributed by atoms with Gasteiger partial charge in [-0.25, -0.2) is 4.79 Å². The van der Waals surface area contributed by atoms with Crippen LogP contribution in [0.3, 0.4) is 0 Å². The molecule has 14 nitrogen and oxygen atoms in total. The number of rotatable bonds is 12. The number of nitrogens with zero attached hydrogens (tertiary/aromatic N) is 2. The number of benzene rings is 1. The van der Waals surface area contributed by atoms with Gasteiger partial charge < -0.3 is 47.9 Å². The Morgan fingerprint density at radius 2 is 1.54 bits per heavy atom. The van der Waals surface area contributed by atoms with Gasteiger partial charge in [0.15, 0.2) is 18.2 Å². The van der Waals surface area contributed by atoms with E-state index in [1.807, 2.05) is 47.6 Å². The van der Waals surface area contributed by atoms with Crippen molar-refractivity contribution in [3.8, 4) is 0 Å². The average Bonchev–Trinajstić information content (AvgIpc) is 3.52. The molecule has 0 unspecified atom stereocenters. The summed E-state index contributed by atoms with van der Waals surface area (Å²) in [6.07, 6.45) is -4.19. The summed E-state index contributed by atoms with van der Waals surface area (Å²) in [5, 5.41) is 12.0. The molecule has 1 N–H and O–H groups in total. The SMILES string of the molecule is CC[C@H]1OC(=O)[C@H](C)[C@@H](O[C@H]2C[C@@](C)(OC)[C@@H](O)[C@H](C)O2)[C@H](C)[C@@H](O[C@H]2C[C@@H](N(C)CC(C)(C)C)C[C@@H](C)O2)[C@@](C)(OC)C[C@@H](C)C(=O)[C@H](C)[C@H]2N(CCc3ccc(Cl)c(Cl)c3)C(=O)O[C@]12C. The summed E-state index contributed by atoms with van der Waals surface area (Å²) in [6, 6.07) is 4.65. The summed E-state index contributed by atoms with van der Waals surface area (Å²) in [6.45, 7) is 26.3. The summed E-state index contributed by atoms with van der Waals surface area (Å²) < 4.78 is 52.4. The zero-order valence-corrected chi connectivity index (χ0v) is 44.6. The molecule has 4 aliphatic rings. The Bertz CT molecular complexity index is 1870. The van der Waals surface area contributed by atoms with Gasteiger partial charge in [-0.15, -0.1) is 0 Å². The van der Waals surface area contributed by atoms with Gasteiger partial charge in [0.2, 0.25) is 0 Å². The van der Waals surface area contributed by atoms with Gasteiger partial charge in [0.25, 0.3) is 0 Å². The number of esters is 1. The number of cyclic esters (lactones) is 1. The van der Waals surface area contributed by atoms with E-state index in [0.29, 0.717) is 22.9 Å². The topological polar surface area (TPSA) is 152 Å². The van der Waals surface area contributed by atoms with Crippen molar-refractivity contribution in [2.75, 3.05) is 34.4 Å². The number of carbonyl (C=O) groups excluding carboxylic acids is 3. The number of carbonyl (C=O) groups is 3. The van der Waals surface area contributed by atoms with Crippen molar-refractivity contribution in [1.82, 2.24) is 9.80 Å². The molecule has 1 aromatic rings. The molecule has 0 aliphatic carbocycles. The monoisotopic (exact) mass is 985 g/mol. The van der Waals surface area contributed by atoms with Gasteiger partial charge in [0.05, 0.1) is 57.6 Å². The summed E-state index contributed by atoms with van der Waals surface area (Å²) >= 11 is 12.6. The van der Waals surface area contributed by atoms with Crippen molar-refractivity contribution in [1.29, 1.82) is 0 Å². The number of fused-ring (bicyclic) bond motifs is 1. The van der Waals surface area contributed by atoms with Gasteiger partial charge in [-0.3, -0.25) is 14.5 Å². The van der Waals surface area contributed by atoms with E-state index in [1.54, 1.807) is 52.0 Å². The first-order valence-electron chi connectivity index (χ1n) is 24.4. The Balaban J connectivity index is 1.61. The van der Waals surface area contributed by atoms with Crippen molar-refractivity contribution < 1.29 is 57.4 Å². The van der Waals surface area contributed by atoms with Crippen LogP contribution in [-0.2, 0) is 53.9 Å². The molecule has 4 saturated heterocycles. The lowest BCUT2D eigenvalue weighted by Crippen LogP contribution is -2.60. The first-order valence-corrected chi connectivity index (χ1v) is 25.2. The maximum absolute atomic E-state index is 15.1. The molecule has 1 aromatic carbocycles. The largest absolute Gasteiger partial charge is 0.458 e. The van der Waals surface area contributed by atoms with Crippen LogP contribution < -0.4 is 0 Å². The van der Waals surface area contributed by atoms with Gasteiger partial charge in [-0.05, 0) is 97.4 Å². The van der Waals surface area contributed by atoms with Crippen LogP contribution in [0.25, 0.3) is 0 Å². The van der Waals surface area contributed by atoms with Gasteiger partial charge in [-0.1, -0.05) is 77.7 Å². The second-order valence-corrected chi connectivity index (χ2v) is 22.9. The van der Waals surface area contributed by atoms with Gasteiger partial charge in [-0.2, -0.15) is 0 Å². The number of hydrogen-bond acceptors (Lipinski definition) is 13. The average molecular weight is 986 g/mol. The molecule has 5 rings (SSSR count). The van der Waals surface area contributed by atoms with Crippen molar-refractivity contribution in [2.24, 2.45) is 29.1 Å². The number of halogens is 2. The Hall–Kier alpha value is -2.11. The fraction of sp³-hybridized carbons (Fsp3) is 0.824. The number of Topliss-reactive ketones (excluding diaryl/α,β-unsaturated/α-hetero) is 1. The molecule has 0 spiro atoms. The normalized spacial score (nSPS) is 40.6. The molecule has 67 heavy (non-hydrogen) atoms. The van der Waals surface area contributed by atoms with Gasteiger partial charge in [0, 0.05) is 63.9 Å². The number of ketones is 1. The first kappa shape index (κ1) is 55.8. The molecule has 0 radical (unpaired) electrons. The minimum Gasteiger partial charge on any atom is -0.458 e. The minimum atomic E-state index is -1.43. The highest BCUT2D eigenvalue weighted by Crippen LogP contribution is 2.45. The highest BCUT2D eigenvalue weighted by Gasteiger charge is 2.60. The lowest BCUT2D eigenvalue weighted by molar-refractivity contribution is -0.309. The third-order valence-corrected chi connectivity index (χ3v) is 16.0. The molecule has 0 aromatic heterocycles. The van der Waals surface area contributed by atoms with Gasteiger partial charge >= 0.3 is 12.1 Å². The molecular formula is C51H82Cl2N2O12.